The molecule has 0 unspecified atom stereocenters. The maximum atomic E-state index is 13.1. The minimum absolute atomic E-state index is 0.0197. The van der Waals surface area contributed by atoms with E-state index >= 15 is 0 Å². The van der Waals surface area contributed by atoms with Crippen molar-refractivity contribution in [2.24, 2.45) is 5.10 Å². The molecule has 3 rings (SSSR count). The second kappa shape index (κ2) is 10.6. The number of phenols is 1. The zero-order valence-electron chi connectivity index (χ0n) is 17.4. The third kappa shape index (κ3) is 5.71. The fraction of sp³-hybridized carbons (Fsp3) is 0.130. The summed E-state index contributed by atoms with van der Waals surface area (Å²) in [5.41, 5.74) is 3.38. The van der Waals surface area contributed by atoms with Gasteiger partial charge in [-0.2, -0.15) is 9.41 Å². The number of nitrogens with zero attached hydrogens (tertiary/aromatic N) is 2. The molecular formula is C23H23N3O5S. The molecule has 3 aromatic carbocycles. The number of hydrazone groups is 1. The topological polar surface area (TPSA) is 108 Å². The van der Waals surface area contributed by atoms with Crippen LogP contribution in [0.25, 0.3) is 0 Å². The van der Waals surface area contributed by atoms with Crippen LogP contribution in [0.4, 0.5) is 0 Å². The number of phenolic OH excluding ortho intramolecular Hbond substituents is 1. The monoisotopic (exact) mass is 453 g/mol. The van der Waals surface area contributed by atoms with Gasteiger partial charge in [0.1, 0.15) is 0 Å². The van der Waals surface area contributed by atoms with Crippen LogP contribution < -0.4 is 10.2 Å². The molecule has 0 bridgehead atoms. The number of amides is 1. The van der Waals surface area contributed by atoms with Crippen molar-refractivity contribution in [1.29, 1.82) is 0 Å². The molecule has 0 fully saturated rings. The van der Waals surface area contributed by atoms with Crippen molar-refractivity contribution in [2.75, 3.05) is 13.7 Å². The zero-order chi connectivity index (χ0) is 23.0. The average Bonchev–Trinajstić information content (AvgIpc) is 2.81. The zero-order valence-corrected chi connectivity index (χ0v) is 18.2. The summed E-state index contributed by atoms with van der Waals surface area (Å²) >= 11 is 0. The Labute approximate surface area is 186 Å². The molecule has 0 aliphatic heterocycles. The van der Waals surface area contributed by atoms with E-state index in [-0.39, 0.29) is 22.9 Å². The number of carbonyl (C=O) groups excluding carboxylic acids is 1. The van der Waals surface area contributed by atoms with Crippen LogP contribution in [0.1, 0.15) is 11.1 Å². The van der Waals surface area contributed by atoms with Crippen molar-refractivity contribution in [3.05, 3.63) is 90.0 Å². The van der Waals surface area contributed by atoms with E-state index < -0.39 is 22.5 Å². The van der Waals surface area contributed by atoms with Gasteiger partial charge in [0.25, 0.3) is 5.91 Å². The van der Waals surface area contributed by atoms with Crippen molar-refractivity contribution in [3.63, 3.8) is 0 Å². The summed E-state index contributed by atoms with van der Waals surface area (Å²) < 4.78 is 32.4. The van der Waals surface area contributed by atoms with Crippen molar-refractivity contribution in [1.82, 2.24) is 9.73 Å². The molecule has 2 N–H and O–H groups in total. The molecule has 0 saturated heterocycles. The highest BCUT2D eigenvalue weighted by Crippen LogP contribution is 2.27. The van der Waals surface area contributed by atoms with Crippen molar-refractivity contribution < 1.29 is 23.1 Å². The second-order valence-electron chi connectivity index (χ2n) is 6.76. The van der Waals surface area contributed by atoms with Gasteiger partial charge in [-0.3, -0.25) is 4.79 Å². The maximum absolute atomic E-state index is 13.1. The number of aromatic hydroxyl groups is 1. The van der Waals surface area contributed by atoms with Gasteiger partial charge in [0.2, 0.25) is 10.0 Å². The van der Waals surface area contributed by atoms with Gasteiger partial charge in [-0.15, -0.1) is 0 Å². The first-order valence-corrected chi connectivity index (χ1v) is 11.1. The fourth-order valence-electron chi connectivity index (χ4n) is 2.93. The Balaban J connectivity index is 1.76. The van der Waals surface area contributed by atoms with Crippen LogP contribution in [-0.4, -0.2) is 43.6 Å². The van der Waals surface area contributed by atoms with Gasteiger partial charge in [0.05, 0.1) is 24.8 Å². The molecule has 0 aliphatic carbocycles. The Bertz CT molecular complexity index is 1180. The molecule has 0 atom stereocenters. The molecule has 8 nitrogen and oxygen atoms in total. The molecule has 9 heteroatoms. The Hall–Kier alpha value is -3.69. The van der Waals surface area contributed by atoms with Gasteiger partial charge >= 0.3 is 0 Å². The maximum Gasteiger partial charge on any atom is 0.255 e. The highest BCUT2D eigenvalue weighted by molar-refractivity contribution is 7.89. The van der Waals surface area contributed by atoms with Gasteiger partial charge in [-0.25, -0.2) is 13.8 Å². The minimum atomic E-state index is -3.92. The Morgan fingerprint density at radius 1 is 1.03 bits per heavy atom. The molecule has 0 heterocycles. The van der Waals surface area contributed by atoms with Crippen LogP contribution in [0.5, 0.6) is 11.5 Å². The first kappa shape index (κ1) is 23.0. The summed E-state index contributed by atoms with van der Waals surface area (Å²) in [7, 11) is -2.50. The number of methoxy groups -OCH3 is 1. The highest BCUT2D eigenvalue weighted by atomic mass is 32.2. The van der Waals surface area contributed by atoms with Gasteiger partial charge < -0.3 is 9.84 Å². The van der Waals surface area contributed by atoms with Crippen molar-refractivity contribution in [3.8, 4) is 11.5 Å². The summed E-state index contributed by atoms with van der Waals surface area (Å²) in [4.78, 5) is 12.6. The first-order valence-electron chi connectivity index (χ1n) is 9.69. The summed E-state index contributed by atoms with van der Waals surface area (Å²) in [6.07, 6.45) is 1.25. The van der Waals surface area contributed by atoms with E-state index in [1.165, 1.54) is 25.5 Å². The predicted molar refractivity (Wildman–Crippen MR) is 121 cm³/mol. The number of rotatable bonds is 9. The number of carbonyl (C=O) groups is 1. The van der Waals surface area contributed by atoms with Crippen LogP contribution in [0.3, 0.4) is 0 Å². The fourth-order valence-corrected chi connectivity index (χ4v) is 4.34. The van der Waals surface area contributed by atoms with E-state index in [2.05, 4.69) is 10.5 Å². The molecule has 32 heavy (non-hydrogen) atoms. The largest absolute Gasteiger partial charge is 0.504 e. The van der Waals surface area contributed by atoms with E-state index in [0.29, 0.717) is 5.56 Å². The van der Waals surface area contributed by atoms with E-state index in [4.69, 9.17) is 4.74 Å². The normalized spacial score (nSPS) is 11.6. The SMILES string of the molecule is COc1cccc(/C=N\NC(=O)CN(Cc2ccccc2)S(=O)(=O)c2ccccc2)c1O. The molecule has 0 spiro atoms. The Kier molecular flexibility index (Phi) is 7.58. The lowest BCUT2D eigenvalue weighted by atomic mass is 10.2. The lowest BCUT2D eigenvalue weighted by Gasteiger charge is -2.21. The molecule has 166 valence electrons. The van der Waals surface area contributed by atoms with E-state index in [0.717, 1.165) is 9.87 Å². The Morgan fingerprint density at radius 2 is 1.69 bits per heavy atom. The van der Waals surface area contributed by atoms with Crippen LogP contribution in [0.15, 0.2) is 88.9 Å². The summed E-state index contributed by atoms with van der Waals surface area (Å²) in [6.45, 7) is -0.417. The third-order valence-corrected chi connectivity index (χ3v) is 6.35. The number of sulfonamides is 1. The van der Waals surface area contributed by atoms with E-state index in [1.54, 1.807) is 60.7 Å². The second-order valence-corrected chi connectivity index (χ2v) is 8.70. The van der Waals surface area contributed by atoms with Crippen molar-refractivity contribution >= 4 is 22.1 Å². The van der Waals surface area contributed by atoms with Gasteiger partial charge in [-0.05, 0) is 29.8 Å². The number of hydrogen-bond donors (Lipinski definition) is 2. The Morgan fingerprint density at radius 3 is 2.34 bits per heavy atom. The molecule has 1 amide bonds. The highest BCUT2D eigenvalue weighted by Gasteiger charge is 2.26. The lowest BCUT2D eigenvalue weighted by Crippen LogP contribution is -2.39. The average molecular weight is 454 g/mol. The smallest absolute Gasteiger partial charge is 0.255 e. The van der Waals surface area contributed by atoms with Crippen LogP contribution in [-0.2, 0) is 21.4 Å². The number of hydrogen-bond acceptors (Lipinski definition) is 6. The molecule has 0 aliphatic rings. The molecule has 0 saturated carbocycles. The molecule has 0 aromatic heterocycles. The summed E-state index contributed by atoms with van der Waals surface area (Å²) in [5, 5.41) is 13.9. The summed E-state index contributed by atoms with van der Waals surface area (Å²) in [5.74, 6) is -0.479. The van der Waals surface area contributed by atoms with E-state index in [9.17, 15) is 18.3 Å². The first-order chi connectivity index (χ1) is 15.4. The predicted octanol–water partition coefficient (Wildman–Crippen LogP) is 2.74. The minimum Gasteiger partial charge on any atom is -0.504 e. The van der Waals surface area contributed by atoms with E-state index in [1.807, 2.05) is 6.07 Å². The standard InChI is InChI=1S/C23H23N3O5S/c1-31-21-14-8-11-19(23(21)28)15-24-25-22(27)17-26(16-18-9-4-2-5-10-18)32(29,30)20-12-6-3-7-13-20/h2-15,28H,16-17H2,1H3,(H,25,27)/b24-15-. The van der Waals surface area contributed by atoms with Crippen LogP contribution >= 0.6 is 0 Å². The van der Waals surface area contributed by atoms with Crippen LogP contribution in [0.2, 0.25) is 0 Å². The van der Waals surface area contributed by atoms with Crippen LogP contribution in [0, 0.1) is 0 Å². The molecule has 0 radical (unpaired) electrons. The number of para-hydroxylation sites is 1. The van der Waals surface area contributed by atoms with Gasteiger partial charge in [0, 0.05) is 12.1 Å². The van der Waals surface area contributed by atoms with Crippen molar-refractivity contribution in [2.45, 2.75) is 11.4 Å². The van der Waals surface area contributed by atoms with Gasteiger partial charge in [-0.1, -0.05) is 54.6 Å². The number of nitrogens with one attached hydrogen (secondary N) is 1. The lowest BCUT2D eigenvalue weighted by molar-refractivity contribution is -0.121. The quantitative estimate of drug-likeness (QED) is 0.383. The summed E-state index contributed by atoms with van der Waals surface area (Å²) in [6, 6.07) is 21.8. The number of ether oxygens (including phenoxy) is 1. The molecular weight excluding hydrogens is 430 g/mol. The molecule has 3 aromatic rings. The number of benzene rings is 3. The third-order valence-electron chi connectivity index (χ3n) is 4.55. The van der Waals surface area contributed by atoms with Gasteiger partial charge in [0.15, 0.2) is 11.5 Å².